The second kappa shape index (κ2) is 48.1. The fourth-order valence-corrected chi connectivity index (χ4v) is 9.81. The van der Waals surface area contributed by atoms with Gasteiger partial charge in [-0.25, -0.2) is 0 Å². The maximum absolute atomic E-state index is 13.2. The van der Waals surface area contributed by atoms with E-state index in [4.69, 9.17) is 28.4 Å². The first kappa shape index (κ1) is 76.4. The summed E-state index contributed by atoms with van der Waals surface area (Å²) in [5.74, 6) is -0.299. The predicted octanol–water partition coefficient (Wildman–Crippen LogP) is 6.87. The molecule has 0 radical (unpaired) electrons. The van der Waals surface area contributed by atoms with Crippen molar-refractivity contribution in [2.45, 2.75) is 266 Å². The van der Waals surface area contributed by atoms with E-state index in [1.165, 1.54) is 25.7 Å². The van der Waals surface area contributed by atoms with E-state index < -0.39 is 124 Å². The van der Waals surface area contributed by atoms with Gasteiger partial charge in [0.25, 0.3) is 0 Å². The molecule has 86 heavy (non-hydrogen) atoms. The van der Waals surface area contributed by atoms with Crippen LogP contribution in [-0.4, -0.2) is 193 Å². The Morgan fingerprint density at radius 3 is 1.24 bits per heavy atom. The molecule has 19 heteroatoms. The van der Waals surface area contributed by atoms with Crippen molar-refractivity contribution in [3.63, 3.8) is 0 Å². The zero-order valence-electron chi connectivity index (χ0n) is 51.2. The van der Waals surface area contributed by atoms with Crippen LogP contribution in [0, 0.1) is 0 Å². The number of nitrogens with one attached hydrogen (secondary N) is 1. The van der Waals surface area contributed by atoms with Crippen molar-refractivity contribution in [3.05, 3.63) is 122 Å². The standard InChI is InChI=1S/C67H109NO18/c1-3-5-7-9-10-11-12-13-14-15-16-17-18-19-20-21-22-23-24-25-26-27-28-29-30-31-32-33-34-35-36-37-38-39-40-41-43-45-55(73)68-50(51(72)44-42-8-6-4-2)49-81-65-61(79)58(76)63(53(47-70)83-65)86-67-62(80)59(77)64(54(48-71)84-67)85-66-60(78)57(75)56(74)52(46-69)82-66/h5,7,10-11,13-14,16-17,19-20,22-23,25-26,28-29,31-32,42,44,50-54,56-67,69-72,74-80H,3-4,6,8-9,12,15,18,21,24,27,30,33-41,43,45-49H2,1-2H3,(H,68,73)/b7-5-,11-10-,14-13-,17-16-,20-19-,23-22-,26-25-,29-28-,32-31-,44-42+. The average Bonchev–Trinajstić information content (AvgIpc) is 1.41. The zero-order valence-corrected chi connectivity index (χ0v) is 51.2. The Bertz CT molecular complexity index is 2030. The normalized spacial score (nSPS) is 29.6. The number of allylic oxidation sites excluding steroid dienone is 19. The Morgan fingerprint density at radius 2 is 0.802 bits per heavy atom. The molecule has 0 aromatic heterocycles. The van der Waals surface area contributed by atoms with Crippen LogP contribution >= 0.6 is 0 Å². The van der Waals surface area contributed by atoms with Crippen molar-refractivity contribution in [3.8, 4) is 0 Å². The summed E-state index contributed by atoms with van der Waals surface area (Å²) < 4.78 is 34.0. The summed E-state index contributed by atoms with van der Waals surface area (Å²) in [6.45, 7) is 1.39. The molecule has 17 atom stereocenters. The highest BCUT2D eigenvalue weighted by Gasteiger charge is 2.53. The van der Waals surface area contributed by atoms with E-state index in [1.54, 1.807) is 6.08 Å². The molecule has 3 heterocycles. The summed E-state index contributed by atoms with van der Waals surface area (Å²) in [7, 11) is 0. The molecule has 0 aromatic carbocycles. The van der Waals surface area contributed by atoms with Gasteiger partial charge in [-0.1, -0.05) is 193 Å². The molecule has 0 aromatic rings. The van der Waals surface area contributed by atoms with Gasteiger partial charge in [-0.15, -0.1) is 0 Å². The summed E-state index contributed by atoms with van der Waals surface area (Å²) >= 11 is 0. The number of carbonyl (C=O) groups is 1. The Hall–Kier alpha value is -3.81. The molecule has 1 amide bonds. The molecule has 17 unspecified atom stereocenters. The lowest BCUT2D eigenvalue weighted by Gasteiger charge is -2.48. The first-order valence-electron chi connectivity index (χ1n) is 31.8. The molecule has 3 aliphatic heterocycles. The Balaban J connectivity index is 1.28. The number of amides is 1. The van der Waals surface area contributed by atoms with Crippen LogP contribution in [0.1, 0.15) is 162 Å². The van der Waals surface area contributed by atoms with Gasteiger partial charge in [-0.3, -0.25) is 4.79 Å². The van der Waals surface area contributed by atoms with Crippen molar-refractivity contribution in [1.82, 2.24) is 5.32 Å². The number of rotatable bonds is 45. The zero-order chi connectivity index (χ0) is 62.6. The fourth-order valence-electron chi connectivity index (χ4n) is 9.81. The van der Waals surface area contributed by atoms with E-state index in [9.17, 15) is 61.0 Å². The van der Waals surface area contributed by atoms with Gasteiger partial charge in [0.1, 0.15) is 73.2 Å². The highest BCUT2D eigenvalue weighted by molar-refractivity contribution is 5.76. The van der Waals surface area contributed by atoms with E-state index in [0.29, 0.717) is 12.8 Å². The second-order valence-corrected chi connectivity index (χ2v) is 22.1. The van der Waals surface area contributed by atoms with Crippen LogP contribution < -0.4 is 5.32 Å². The summed E-state index contributed by atoms with van der Waals surface area (Å²) in [6.07, 6.45) is 38.7. The molecule has 3 saturated heterocycles. The lowest BCUT2D eigenvalue weighted by molar-refractivity contribution is -0.379. The van der Waals surface area contributed by atoms with Crippen LogP contribution in [0.4, 0.5) is 0 Å². The molecular formula is C67H109NO18. The molecule has 19 nitrogen and oxygen atoms in total. The van der Waals surface area contributed by atoms with Crippen LogP contribution in [-0.2, 0) is 33.2 Å². The van der Waals surface area contributed by atoms with Gasteiger partial charge < -0.3 is 89.9 Å². The molecular weight excluding hydrogens is 1110 g/mol. The molecule has 0 aliphatic carbocycles. The SMILES string of the molecule is CC/C=C\C/C=C\C/C=C\C/C=C\C/C=C\C/C=C\C/C=C\C/C=C\C/C=C\CCCCCCCCCCCC(=O)NC(COC1OC(CO)C(OC2OC(CO)C(OC3OC(CO)C(O)C(O)C3O)C(O)C2O)C(O)C1O)C(O)/C=C/CCCC. The largest absolute Gasteiger partial charge is 0.394 e. The monoisotopic (exact) mass is 1220 g/mol. The molecule has 12 N–H and O–H groups in total. The van der Waals surface area contributed by atoms with E-state index >= 15 is 0 Å². The quantitative estimate of drug-likeness (QED) is 0.0219. The molecule has 3 aliphatic rings. The van der Waals surface area contributed by atoms with Gasteiger partial charge in [-0.05, 0) is 83.5 Å². The van der Waals surface area contributed by atoms with Crippen molar-refractivity contribution in [2.24, 2.45) is 0 Å². The first-order chi connectivity index (χ1) is 41.8. The van der Waals surface area contributed by atoms with Crippen molar-refractivity contribution >= 4 is 5.91 Å². The maximum atomic E-state index is 13.2. The molecule has 0 saturated carbocycles. The number of aliphatic hydroxyl groups is 11. The molecule has 3 rings (SSSR count). The van der Waals surface area contributed by atoms with E-state index in [1.807, 2.05) is 13.0 Å². The molecule has 0 bridgehead atoms. The van der Waals surface area contributed by atoms with Crippen LogP contribution in [0.5, 0.6) is 0 Å². The minimum absolute atomic E-state index is 0.225. The smallest absolute Gasteiger partial charge is 0.220 e. The van der Waals surface area contributed by atoms with Crippen LogP contribution in [0.15, 0.2) is 122 Å². The van der Waals surface area contributed by atoms with Crippen molar-refractivity contribution < 1.29 is 89.4 Å². The van der Waals surface area contributed by atoms with Gasteiger partial charge in [0, 0.05) is 6.42 Å². The van der Waals surface area contributed by atoms with Gasteiger partial charge >= 0.3 is 0 Å². The fraction of sp³-hybridized carbons (Fsp3) is 0.687. The lowest BCUT2D eigenvalue weighted by atomic mass is 9.96. The number of ether oxygens (including phenoxy) is 6. The third-order valence-electron chi connectivity index (χ3n) is 15.0. The van der Waals surface area contributed by atoms with E-state index in [2.05, 4.69) is 122 Å². The lowest BCUT2D eigenvalue weighted by Crippen LogP contribution is -2.66. The number of hydrogen-bond acceptors (Lipinski definition) is 18. The highest BCUT2D eigenvalue weighted by atomic mass is 16.8. The summed E-state index contributed by atoms with van der Waals surface area (Å²) in [5, 5.41) is 119. The number of hydrogen-bond donors (Lipinski definition) is 12. The third-order valence-corrected chi connectivity index (χ3v) is 15.0. The average molecular weight is 1220 g/mol. The number of unbranched alkanes of at least 4 members (excludes halogenated alkanes) is 11. The van der Waals surface area contributed by atoms with Gasteiger partial charge in [-0.2, -0.15) is 0 Å². The Kier molecular flexibility index (Phi) is 42.7. The third kappa shape index (κ3) is 30.6. The van der Waals surface area contributed by atoms with Crippen LogP contribution in [0.2, 0.25) is 0 Å². The number of aliphatic hydroxyl groups excluding tert-OH is 11. The minimum atomic E-state index is -1.98. The van der Waals surface area contributed by atoms with Gasteiger partial charge in [0.05, 0.1) is 38.6 Å². The molecule has 490 valence electrons. The minimum Gasteiger partial charge on any atom is -0.394 e. The van der Waals surface area contributed by atoms with Crippen molar-refractivity contribution in [1.29, 1.82) is 0 Å². The van der Waals surface area contributed by atoms with Crippen molar-refractivity contribution in [2.75, 3.05) is 26.4 Å². The molecule has 3 fully saturated rings. The number of carbonyl (C=O) groups excluding carboxylic acids is 1. The highest BCUT2D eigenvalue weighted by Crippen LogP contribution is 2.33. The summed E-state index contributed by atoms with van der Waals surface area (Å²) in [5.41, 5.74) is 0. The predicted molar refractivity (Wildman–Crippen MR) is 332 cm³/mol. The Morgan fingerprint density at radius 1 is 0.430 bits per heavy atom. The molecule has 0 spiro atoms. The van der Waals surface area contributed by atoms with Gasteiger partial charge in [0.15, 0.2) is 18.9 Å². The van der Waals surface area contributed by atoms with Gasteiger partial charge in [0.2, 0.25) is 5.91 Å². The van der Waals surface area contributed by atoms with E-state index in [-0.39, 0.29) is 18.9 Å². The maximum Gasteiger partial charge on any atom is 0.220 e. The van der Waals surface area contributed by atoms with Crippen LogP contribution in [0.3, 0.4) is 0 Å². The van der Waals surface area contributed by atoms with Crippen LogP contribution in [0.25, 0.3) is 0 Å². The Labute approximate surface area is 512 Å². The topological polar surface area (TPSA) is 307 Å². The van der Waals surface area contributed by atoms with E-state index in [0.717, 1.165) is 103 Å². The summed E-state index contributed by atoms with van der Waals surface area (Å²) in [6, 6.07) is -0.980. The summed E-state index contributed by atoms with van der Waals surface area (Å²) in [4.78, 5) is 13.2. The first-order valence-corrected chi connectivity index (χ1v) is 31.8. The second-order valence-electron chi connectivity index (χ2n) is 22.1.